The topological polar surface area (TPSA) is 75.7 Å². The second kappa shape index (κ2) is 10.6. The monoisotopic (exact) mass is 498 g/mol. The summed E-state index contributed by atoms with van der Waals surface area (Å²) in [6.45, 7) is 1.33. The number of carbonyl (C=O) groups excluding carboxylic acids is 1. The molecule has 0 saturated carbocycles. The van der Waals surface area contributed by atoms with Crippen LogP contribution in [0.5, 0.6) is 5.75 Å². The molecule has 1 fully saturated rings. The lowest BCUT2D eigenvalue weighted by molar-refractivity contribution is 0.0941. The maximum Gasteiger partial charge on any atom is 0.251 e. The minimum atomic E-state index is -3.58. The van der Waals surface area contributed by atoms with Gasteiger partial charge in [0.05, 0.1) is 17.0 Å². The van der Waals surface area contributed by atoms with Gasteiger partial charge in [0.2, 0.25) is 10.0 Å². The molecule has 0 unspecified atom stereocenters. The fraction of sp³-hybridized carbons (Fsp3) is 0.269. The minimum Gasteiger partial charge on any atom is -0.495 e. The van der Waals surface area contributed by atoms with Crippen molar-refractivity contribution in [2.75, 3.05) is 26.7 Å². The van der Waals surface area contributed by atoms with Gasteiger partial charge in [-0.25, -0.2) is 8.42 Å². The number of hydrogen-bond acceptors (Lipinski definition) is 4. The molecule has 0 aliphatic carbocycles. The first-order chi connectivity index (χ1) is 16.4. The molecule has 1 aliphatic heterocycles. The van der Waals surface area contributed by atoms with Gasteiger partial charge in [-0.2, -0.15) is 4.31 Å². The average molecular weight is 499 g/mol. The Morgan fingerprint density at radius 2 is 1.71 bits per heavy atom. The first-order valence-electron chi connectivity index (χ1n) is 11.2. The second-order valence-corrected chi connectivity index (χ2v) is 10.6. The zero-order chi connectivity index (χ0) is 24.1. The van der Waals surface area contributed by atoms with Crippen LogP contribution in [0.25, 0.3) is 11.1 Å². The molecule has 0 atom stereocenters. The van der Waals surface area contributed by atoms with E-state index in [2.05, 4.69) is 5.32 Å². The normalized spacial score (nSPS) is 15.1. The summed E-state index contributed by atoms with van der Waals surface area (Å²) in [4.78, 5) is 12.8. The summed E-state index contributed by atoms with van der Waals surface area (Å²) < 4.78 is 33.2. The molecule has 3 aromatic carbocycles. The third-order valence-corrected chi connectivity index (χ3v) is 8.32. The molecule has 0 spiro atoms. The van der Waals surface area contributed by atoms with E-state index in [-0.39, 0.29) is 11.8 Å². The maximum absolute atomic E-state index is 13.2. The lowest BCUT2D eigenvalue weighted by Crippen LogP contribution is -2.41. The summed E-state index contributed by atoms with van der Waals surface area (Å²) in [5.41, 5.74) is 2.32. The van der Waals surface area contributed by atoms with E-state index in [0.717, 1.165) is 11.1 Å². The molecule has 6 nitrogen and oxygen atoms in total. The Bertz CT molecular complexity index is 1260. The van der Waals surface area contributed by atoms with Gasteiger partial charge in [0.25, 0.3) is 5.91 Å². The van der Waals surface area contributed by atoms with Crippen LogP contribution in [0.1, 0.15) is 23.2 Å². The molecule has 178 valence electrons. The van der Waals surface area contributed by atoms with Crippen LogP contribution < -0.4 is 10.1 Å². The number of nitrogens with zero attached hydrogens (tertiary/aromatic N) is 1. The van der Waals surface area contributed by atoms with Gasteiger partial charge in [0.1, 0.15) is 5.75 Å². The van der Waals surface area contributed by atoms with Gasteiger partial charge >= 0.3 is 0 Å². The van der Waals surface area contributed by atoms with E-state index in [1.165, 1.54) is 7.11 Å². The fourth-order valence-electron chi connectivity index (χ4n) is 4.11. The zero-order valence-corrected chi connectivity index (χ0v) is 20.5. The van der Waals surface area contributed by atoms with Crippen molar-refractivity contribution in [1.29, 1.82) is 0 Å². The predicted octanol–water partition coefficient (Wildman–Crippen LogP) is 4.85. The molecule has 3 aromatic rings. The van der Waals surface area contributed by atoms with Crippen molar-refractivity contribution in [3.63, 3.8) is 0 Å². The highest BCUT2D eigenvalue weighted by atomic mass is 35.5. The lowest BCUT2D eigenvalue weighted by atomic mass is 9.98. The van der Waals surface area contributed by atoms with Crippen molar-refractivity contribution in [3.05, 3.63) is 83.4 Å². The van der Waals surface area contributed by atoms with Gasteiger partial charge in [-0.15, -0.1) is 0 Å². The first kappa shape index (κ1) is 24.3. The predicted molar refractivity (Wildman–Crippen MR) is 134 cm³/mol. The molecule has 0 bridgehead atoms. The van der Waals surface area contributed by atoms with E-state index >= 15 is 0 Å². The zero-order valence-electron chi connectivity index (χ0n) is 18.9. The van der Waals surface area contributed by atoms with E-state index in [1.54, 1.807) is 40.7 Å². The van der Waals surface area contributed by atoms with Crippen LogP contribution in [0.4, 0.5) is 0 Å². The molecule has 1 saturated heterocycles. The summed E-state index contributed by atoms with van der Waals surface area (Å²) in [5, 5.41) is 3.39. The number of nitrogens with one attached hydrogen (secondary N) is 1. The molecular weight excluding hydrogens is 472 g/mol. The number of carbonyl (C=O) groups is 1. The molecule has 4 rings (SSSR count). The van der Waals surface area contributed by atoms with Crippen LogP contribution in [0, 0.1) is 5.92 Å². The third-order valence-electron chi connectivity index (χ3n) is 6.12. The fourth-order valence-corrected chi connectivity index (χ4v) is 5.82. The third kappa shape index (κ3) is 5.43. The summed E-state index contributed by atoms with van der Waals surface area (Å²) in [5.74, 6) is 0.451. The van der Waals surface area contributed by atoms with Crippen LogP contribution in [0.2, 0.25) is 5.02 Å². The van der Waals surface area contributed by atoms with E-state index in [1.807, 2.05) is 36.4 Å². The number of benzene rings is 3. The highest BCUT2D eigenvalue weighted by Crippen LogP contribution is 2.28. The molecular formula is C26H27ClN2O4S. The van der Waals surface area contributed by atoms with Crippen molar-refractivity contribution >= 4 is 27.5 Å². The largest absolute Gasteiger partial charge is 0.495 e. The average Bonchev–Trinajstić information content (AvgIpc) is 2.88. The van der Waals surface area contributed by atoms with Crippen molar-refractivity contribution in [1.82, 2.24) is 9.62 Å². The van der Waals surface area contributed by atoms with Gasteiger partial charge in [-0.3, -0.25) is 4.79 Å². The van der Waals surface area contributed by atoms with Crippen molar-refractivity contribution < 1.29 is 17.9 Å². The molecule has 0 radical (unpaired) electrons. The highest BCUT2D eigenvalue weighted by Gasteiger charge is 2.29. The van der Waals surface area contributed by atoms with Gasteiger partial charge in [0, 0.05) is 25.2 Å². The second-order valence-electron chi connectivity index (χ2n) is 8.30. The SMILES string of the molecule is COc1cc(C(=O)NCC2CCN(S(=O)(=O)c3cccc(-c4ccccc4)c3)CC2)ccc1Cl. The maximum atomic E-state index is 13.2. The van der Waals surface area contributed by atoms with Crippen molar-refractivity contribution in [2.24, 2.45) is 5.92 Å². The summed E-state index contributed by atoms with van der Waals surface area (Å²) in [6.07, 6.45) is 1.36. The number of piperidine rings is 1. The molecule has 1 heterocycles. The van der Waals surface area contributed by atoms with Gasteiger partial charge < -0.3 is 10.1 Å². The summed E-state index contributed by atoms with van der Waals surface area (Å²) in [6, 6.07) is 21.7. The Hall–Kier alpha value is -2.87. The minimum absolute atomic E-state index is 0.206. The number of halogens is 1. The Morgan fingerprint density at radius 1 is 1.00 bits per heavy atom. The van der Waals surface area contributed by atoms with E-state index in [4.69, 9.17) is 16.3 Å². The molecule has 1 amide bonds. The van der Waals surface area contributed by atoms with Crippen LogP contribution in [0.15, 0.2) is 77.7 Å². The van der Waals surface area contributed by atoms with Crippen LogP contribution in [-0.4, -0.2) is 45.4 Å². The van der Waals surface area contributed by atoms with Crippen LogP contribution >= 0.6 is 11.6 Å². The number of ether oxygens (including phenoxy) is 1. The smallest absolute Gasteiger partial charge is 0.251 e. The number of rotatable bonds is 7. The molecule has 34 heavy (non-hydrogen) atoms. The Labute approximate surface area is 205 Å². The van der Waals surface area contributed by atoms with E-state index in [0.29, 0.717) is 53.7 Å². The molecule has 8 heteroatoms. The number of methoxy groups -OCH3 is 1. The Kier molecular flexibility index (Phi) is 7.56. The quantitative estimate of drug-likeness (QED) is 0.505. The number of amides is 1. The van der Waals surface area contributed by atoms with Crippen molar-refractivity contribution in [2.45, 2.75) is 17.7 Å². The van der Waals surface area contributed by atoms with Gasteiger partial charge in [-0.05, 0) is 60.2 Å². The van der Waals surface area contributed by atoms with E-state index < -0.39 is 10.0 Å². The lowest BCUT2D eigenvalue weighted by Gasteiger charge is -2.31. The molecule has 1 aliphatic rings. The highest BCUT2D eigenvalue weighted by molar-refractivity contribution is 7.89. The summed E-state index contributed by atoms with van der Waals surface area (Å²) in [7, 11) is -2.08. The number of hydrogen-bond donors (Lipinski definition) is 1. The van der Waals surface area contributed by atoms with Gasteiger partial charge in [0.15, 0.2) is 0 Å². The Balaban J connectivity index is 1.35. The standard InChI is InChI=1S/C26H27ClN2O4S/c1-33-25-17-22(10-11-24(25)27)26(30)28-18-19-12-14-29(15-13-19)34(31,32)23-9-5-8-21(16-23)20-6-3-2-4-7-20/h2-11,16-17,19H,12-15,18H2,1H3,(H,28,30). The first-order valence-corrected chi connectivity index (χ1v) is 13.0. The van der Waals surface area contributed by atoms with Gasteiger partial charge in [-0.1, -0.05) is 54.1 Å². The van der Waals surface area contributed by atoms with Crippen LogP contribution in [-0.2, 0) is 10.0 Å². The number of sulfonamides is 1. The Morgan fingerprint density at radius 3 is 2.41 bits per heavy atom. The molecule has 1 N–H and O–H groups in total. The van der Waals surface area contributed by atoms with E-state index in [9.17, 15) is 13.2 Å². The van der Waals surface area contributed by atoms with Crippen LogP contribution in [0.3, 0.4) is 0 Å². The summed E-state index contributed by atoms with van der Waals surface area (Å²) >= 11 is 6.02. The molecule has 0 aromatic heterocycles. The van der Waals surface area contributed by atoms with Crippen molar-refractivity contribution in [3.8, 4) is 16.9 Å².